The molecule has 43 heavy (non-hydrogen) atoms. The highest BCUT2D eigenvalue weighted by Crippen LogP contribution is 2.54. The van der Waals surface area contributed by atoms with E-state index < -0.39 is 58.0 Å². The molecule has 1 amide bonds. The molecule has 7 N–H and O–H groups in total. The third-order valence-electron chi connectivity index (χ3n) is 9.15. The molecule has 3 aliphatic carbocycles. The van der Waals surface area contributed by atoms with Crippen molar-refractivity contribution in [2.24, 2.45) is 17.6 Å². The van der Waals surface area contributed by atoms with Gasteiger partial charge in [0.15, 0.2) is 11.4 Å². The number of Topliss-reactive ketones (excluding diaryl/α,β-unsaturated/α-hetero) is 2. The number of benzene rings is 2. The number of phenolic OH excluding ortho intramolecular Hbond substituents is 1. The number of nitrogens with zero attached hydrogens (tertiary/aromatic N) is 2. The summed E-state index contributed by atoms with van der Waals surface area (Å²) in [5, 5.41) is 49.3. The Morgan fingerprint density at radius 1 is 1.07 bits per heavy atom. The van der Waals surface area contributed by atoms with Crippen LogP contribution in [0.2, 0.25) is 0 Å². The summed E-state index contributed by atoms with van der Waals surface area (Å²) in [6.45, 7) is 2.82. The summed E-state index contributed by atoms with van der Waals surface area (Å²) in [7, 11) is 6.83. The quantitative estimate of drug-likeness (QED) is 0.260. The number of aliphatic hydroxyl groups is 3. The lowest BCUT2D eigenvalue weighted by Crippen LogP contribution is -2.65. The number of amides is 1. The zero-order chi connectivity index (χ0) is 31.5. The molecule has 0 saturated heterocycles. The minimum atomic E-state index is -2.67. The normalized spacial score (nSPS) is 25.0. The van der Waals surface area contributed by atoms with Crippen LogP contribution in [0.15, 0.2) is 47.2 Å². The molecule has 0 radical (unpaired) electrons. The molecular formula is C32H38N4O7. The fourth-order valence-corrected chi connectivity index (χ4v) is 7.02. The maximum Gasteiger partial charge on any atom is 0.255 e. The monoisotopic (exact) mass is 590 g/mol. The first-order valence-electron chi connectivity index (χ1n) is 14.2. The molecule has 228 valence electrons. The van der Waals surface area contributed by atoms with Gasteiger partial charge in [-0.25, -0.2) is 0 Å². The summed E-state index contributed by atoms with van der Waals surface area (Å²) < 4.78 is 0. The summed E-state index contributed by atoms with van der Waals surface area (Å²) in [6, 6.07) is 8.66. The van der Waals surface area contributed by atoms with Crippen LogP contribution < -0.4 is 16.0 Å². The average molecular weight is 591 g/mol. The van der Waals surface area contributed by atoms with Crippen LogP contribution in [0, 0.1) is 18.8 Å². The number of aliphatic hydroxyl groups excluding tert-OH is 2. The molecule has 0 bridgehead atoms. The van der Waals surface area contributed by atoms with Crippen LogP contribution in [0.1, 0.15) is 34.2 Å². The van der Waals surface area contributed by atoms with Gasteiger partial charge in [0.25, 0.3) is 5.91 Å². The Bertz CT molecular complexity index is 1610. The largest absolute Gasteiger partial charge is 0.508 e. The molecule has 0 heterocycles. The van der Waals surface area contributed by atoms with Crippen LogP contribution in [0.5, 0.6) is 5.75 Å². The van der Waals surface area contributed by atoms with Gasteiger partial charge >= 0.3 is 0 Å². The second-order valence-electron chi connectivity index (χ2n) is 12.1. The van der Waals surface area contributed by atoms with E-state index in [1.165, 1.54) is 4.90 Å². The highest BCUT2D eigenvalue weighted by molar-refractivity contribution is 6.24. The van der Waals surface area contributed by atoms with Crippen LogP contribution in [-0.4, -0.2) is 82.6 Å². The second-order valence-corrected chi connectivity index (χ2v) is 12.1. The maximum atomic E-state index is 14.1. The first kappa shape index (κ1) is 30.3. The number of carbonyl (C=O) groups excluding carboxylic acids is 3. The number of anilines is 1. The first-order valence-corrected chi connectivity index (χ1v) is 14.2. The fourth-order valence-electron chi connectivity index (χ4n) is 7.02. The highest BCUT2D eigenvalue weighted by Gasteiger charge is 2.64. The number of ketones is 2. The predicted molar refractivity (Wildman–Crippen MR) is 160 cm³/mol. The molecular weight excluding hydrogens is 552 g/mol. The Kier molecular flexibility index (Phi) is 7.62. The van der Waals surface area contributed by atoms with Crippen LogP contribution in [0.25, 0.3) is 5.76 Å². The number of carbonyl (C=O) groups is 3. The van der Waals surface area contributed by atoms with E-state index in [1.54, 1.807) is 14.1 Å². The number of nitrogens with one attached hydrogen (secondary N) is 1. The number of fused-ring (bicyclic) bond motifs is 3. The molecule has 3 aliphatic rings. The average Bonchev–Trinajstić information content (AvgIpc) is 2.92. The summed E-state index contributed by atoms with van der Waals surface area (Å²) >= 11 is 0. The lowest BCUT2D eigenvalue weighted by molar-refractivity contribution is -0.153. The Hall–Kier alpha value is -4.19. The van der Waals surface area contributed by atoms with Gasteiger partial charge in [-0.1, -0.05) is 24.3 Å². The summed E-state index contributed by atoms with van der Waals surface area (Å²) in [6.07, 6.45) is 0.270. The minimum absolute atomic E-state index is 0.0408. The van der Waals surface area contributed by atoms with E-state index in [0.717, 1.165) is 16.8 Å². The van der Waals surface area contributed by atoms with Crippen molar-refractivity contribution >= 4 is 28.9 Å². The summed E-state index contributed by atoms with van der Waals surface area (Å²) in [5.41, 5.74) is 5.89. The minimum Gasteiger partial charge on any atom is -0.508 e. The van der Waals surface area contributed by atoms with Crippen molar-refractivity contribution in [1.29, 1.82) is 0 Å². The number of phenols is 1. The van der Waals surface area contributed by atoms with Crippen LogP contribution in [-0.2, 0) is 33.9 Å². The number of hydrogen-bond acceptors (Lipinski definition) is 10. The van der Waals surface area contributed by atoms with Gasteiger partial charge < -0.3 is 36.4 Å². The molecule has 0 spiro atoms. The van der Waals surface area contributed by atoms with Crippen molar-refractivity contribution in [1.82, 2.24) is 10.2 Å². The van der Waals surface area contributed by atoms with Gasteiger partial charge in [0, 0.05) is 49.9 Å². The van der Waals surface area contributed by atoms with E-state index in [4.69, 9.17) is 5.73 Å². The van der Waals surface area contributed by atoms with Crippen molar-refractivity contribution in [3.05, 3.63) is 75.1 Å². The Labute approximate surface area is 249 Å². The molecule has 11 nitrogen and oxygen atoms in total. The highest BCUT2D eigenvalue weighted by atomic mass is 16.3. The number of aromatic hydroxyl groups is 1. The smallest absolute Gasteiger partial charge is 0.255 e. The summed E-state index contributed by atoms with van der Waals surface area (Å²) in [5.74, 6) is -6.63. The van der Waals surface area contributed by atoms with Gasteiger partial charge in [0.2, 0.25) is 5.78 Å². The number of rotatable bonds is 7. The van der Waals surface area contributed by atoms with Crippen molar-refractivity contribution in [3.63, 3.8) is 0 Å². The van der Waals surface area contributed by atoms with Crippen LogP contribution in [0.3, 0.4) is 0 Å². The van der Waals surface area contributed by atoms with Gasteiger partial charge in [-0.3, -0.25) is 19.3 Å². The molecule has 5 rings (SSSR count). The number of likely N-dealkylation sites (N-methyl/N-ethyl adjacent to an activating group) is 1. The Morgan fingerprint density at radius 2 is 1.72 bits per heavy atom. The van der Waals surface area contributed by atoms with E-state index >= 15 is 0 Å². The van der Waals surface area contributed by atoms with Crippen molar-refractivity contribution < 1.29 is 34.8 Å². The van der Waals surface area contributed by atoms with E-state index in [9.17, 15) is 34.8 Å². The SMILES string of the molecule is Cc1ccccc1CNCc1cc(N(C)C)c2c(c1O)C(O)=C1C(=O)[C@@]3(O)C(O)=C(C(N)=O)C(=O)C(N(C)C)[C@H]3C[C@H]1C2. The van der Waals surface area contributed by atoms with Crippen LogP contribution >= 0.6 is 0 Å². The lowest BCUT2D eigenvalue weighted by atomic mass is 9.57. The fraction of sp³-hybridized carbons (Fsp3) is 0.406. The third kappa shape index (κ3) is 4.59. The lowest BCUT2D eigenvalue weighted by Gasteiger charge is -2.50. The van der Waals surface area contributed by atoms with Gasteiger partial charge in [-0.15, -0.1) is 0 Å². The summed E-state index contributed by atoms with van der Waals surface area (Å²) in [4.78, 5) is 42.9. The number of nitrogens with two attached hydrogens (primary N) is 1. The zero-order valence-electron chi connectivity index (χ0n) is 24.9. The van der Waals surface area contributed by atoms with Crippen molar-refractivity contribution in [2.75, 3.05) is 33.1 Å². The number of aryl methyl sites for hydroxylation is 1. The number of hydrogen-bond donors (Lipinski definition) is 6. The zero-order valence-corrected chi connectivity index (χ0v) is 24.9. The van der Waals surface area contributed by atoms with Crippen LogP contribution in [0.4, 0.5) is 5.69 Å². The molecule has 2 aromatic rings. The molecule has 1 fully saturated rings. The van der Waals surface area contributed by atoms with Crippen molar-refractivity contribution in [3.8, 4) is 5.75 Å². The van der Waals surface area contributed by atoms with E-state index in [2.05, 4.69) is 5.32 Å². The van der Waals surface area contributed by atoms with Gasteiger partial charge in [0.05, 0.1) is 11.6 Å². The Balaban J connectivity index is 1.62. The molecule has 4 atom stereocenters. The van der Waals surface area contributed by atoms with E-state index in [-0.39, 0.29) is 36.3 Å². The van der Waals surface area contributed by atoms with E-state index in [1.807, 2.05) is 56.3 Å². The molecule has 1 unspecified atom stereocenters. The molecule has 1 saturated carbocycles. The molecule has 0 aliphatic heterocycles. The topological polar surface area (TPSA) is 177 Å². The van der Waals surface area contributed by atoms with Gasteiger partial charge in [-0.05, 0) is 62.5 Å². The first-order chi connectivity index (χ1) is 20.2. The van der Waals surface area contributed by atoms with E-state index in [0.29, 0.717) is 17.7 Å². The van der Waals surface area contributed by atoms with Gasteiger partial charge in [0.1, 0.15) is 22.8 Å². The van der Waals surface area contributed by atoms with Gasteiger partial charge in [-0.2, -0.15) is 0 Å². The Morgan fingerprint density at radius 3 is 2.33 bits per heavy atom. The third-order valence-corrected chi connectivity index (χ3v) is 9.15. The predicted octanol–water partition coefficient (Wildman–Crippen LogP) is 1.63. The maximum absolute atomic E-state index is 14.1. The molecule has 2 aromatic carbocycles. The molecule has 11 heteroatoms. The van der Waals surface area contributed by atoms with Crippen molar-refractivity contribution in [2.45, 2.75) is 44.5 Å². The molecule has 0 aromatic heterocycles. The number of primary amides is 1. The standard InChI is InChI=1S/C32H38N4O7/c1-15-8-6-7-9-16(15)13-34-14-18-12-21(35(2)3)19-10-17-11-20-25(36(4)5)28(39)24(31(33)42)30(41)32(20,43)29(40)22(17)27(38)23(19)26(18)37/h6-9,12,17,20,25,34,37-38,41,43H,10-11,13-14H2,1-5H3,(H2,33,42)/t17-,20-,25?,32-/m1/s1. The second kappa shape index (κ2) is 10.8.